The molecule has 1 heterocycles. The summed E-state index contributed by atoms with van der Waals surface area (Å²) in [5.74, 6) is -3.19. The minimum Gasteiger partial charge on any atom is -0.381 e. The van der Waals surface area contributed by atoms with E-state index >= 15 is 0 Å². The van der Waals surface area contributed by atoms with Crippen molar-refractivity contribution in [1.82, 2.24) is 5.32 Å². The third kappa shape index (κ3) is 4.45. The van der Waals surface area contributed by atoms with E-state index in [9.17, 15) is 13.2 Å². The first-order valence-electron chi connectivity index (χ1n) is 7.57. The topological polar surface area (TPSA) is 21.3 Å². The summed E-state index contributed by atoms with van der Waals surface area (Å²) in [5, 5.41) is 3.31. The molecule has 0 spiro atoms. The van der Waals surface area contributed by atoms with Crippen molar-refractivity contribution in [3.8, 4) is 0 Å². The molecule has 0 saturated carbocycles. The highest BCUT2D eigenvalue weighted by molar-refractivity contribution is 5.23. The average molecular weight is 301 g/mol. The van der Waals surface area contributed by atoms with Gasteiger partial charge in [-0.05, 0) is 55.8 Å². The van der Waals surface area contributed by atoms with Crippen LogP contribution in [0.1, 0.15) is 44.2 Å². The Labute approximate surface area is 123 Å². The molecule has 1 unspecified atom stereocenters. The van der Waals surface area contributed by atoms with Gasteiger partial charge in [0, 0.05) is 19.3 Å². The van der Waals surface area contributed by atoms with E-state index < -0.39 is 17.5 Å². The number of rotatable bonds is 6. The molecule has 0 radical (unpaired) electrons. The van der Waals surface area contributed by atoms with E-state index in [1.807, 2.05) is 6.92 Å². The van der Waals surface area contributed by atoms with Crippen LogP contribution in [0, 0.1) is 23.4 Å². The molecule has 0 aromatic heterocycles. The summed E-state index contributed by atoms with van der Waals surface area (Å²) in [6, 6.07) is 2.05. The van der Waals surface area contributed by atoms with Crippen LogP contribution in [0.15, 0.2) is 12.1 Å². The summed E-state index contributed by atoms with van der Waals surface area (Å²) in [6.07, 6.45) is 3.62. The van der Waals surface area contributed by atoms with Crippen molar-refractivity contribution < 1.29 is 17.9 Å². The molecule has 1 aromatic rings. The average Bonchev–Trinajstić information content (AvgIpc) is 2.49. The normalized spacial score (nSPS) is 17.9. The molecule has 2 nitrogen and oxygen atoms in total. The third-order valence-corrected chi connectivity index (χ3v) is 3.96. The van der Waals surface area contributed by atoms with Crippen molar-refractivity contribution in [2.75, 3.05) is 19.8 Å². The molecule has 1 fully saturated rings. The molecule has 1 aliphatic rings. The Morgan fingerprint density at radius 2 is 1.81 bits per heavy atom. The van der Waals surface area contributed by atoms with E-state index in [4.69, 9.17) is 4.74 Å². The predicted octanol–water partition coefficient (Wildman–Crippen LogP) is 3.96. The summed E-state index contributed by atoms with van der Waals surface area (Å²) >= 11 is 0. The van der Waals surface area contributed by atoms with E-state index in [0.29, 0.717) is 11.5 Å². The van der Waals surface area contributed by atoms with Gasteiger partial charge in [-0.15, -0.1) is 0 Å². The van der Waals surface area contributed by atoms with E-state index in [1.54, 1.807) is 0 Å². The van der Waals surface area contributed by atoms with Crippen LogP contribution in [0.2, 0.25) is 0 Å². The molecule has 1 saturated heterocycles. The highest BCUT2D eigenvalue weighted by atomic mass is 19.2. The van der Waals surface area contributed by atoms with Crippen LogP contribution in [0.4, 0.5) is 13.2 Å². The largest absolute Gasteiger partial charge is 0.381 e. The Kier molecular flexibility index (Phi) is 6.06. The molecule has 118 valence electrons. The molecule has 1 N–H and O–H groups in total. The second-order valence-corrected chi connectivity index (χ2v) is 5.60. The van der Waals surface area contributed by atoms with Gasteiger partial charge in [-0.2, -0.15) is 0 Å². The van der Waals surface area contributed by atoms with Gasteiger partial charge in [0.15, 0.2) is 17.5 Å². The first-order valence-corrected chi connectivity index (χ1v) is 7.57. The zero-order valence-corrected chi connectivity index (χ0v) is 12.3. The minimum absolute atomic E-state index is 0.155. The van der Waals surface area contributed by atoms with Gasteiger partial charge in [0.05, 0.1) is 0 Å². The Bertz CT molecular complexity index is 438. The van der Waals surface area contributed by atoms with Crippen molar-refractivity contribution in [2.45, 2.75) is 38.6 Å². The maximum atomic E-state index is 13.4. The lowest BCUT2D eigenvalue weighted by Gasteiger charge is -2.27. The van der Waals surface area contributed by atoms with Crippen LogP contribution in [0.3, 0.4) is 0 Å². The minimum atomic E-state index is -1.40. The smallest absolute Gasteiger partial charge is 0.194 e. The van der Waals surface area contributed by atoms with E-state index in [1.165, 1.54) is 0 Å². The number of hydrogen-bond acceptors (Lipinski definition) is 2. The van der Waals surface area contributed by atoms with E-state index in [-0.39, 0.29) is 6.04 Å². The summed E-state index contributed by atoms with van der Waals surface area (Å²) < 4.78 is 45.3. The number of halogens is 3. The van der Waals surface area contributed by atoms with Gasteiger partial charge in [-0.3, -0.25) is 0 Å². The lowest BCUT2D eigenvalue weighted by Crippen LogP contribution is -2.27. The quantitative estimate of drug-likeness (QED) is 0.803. The highest BCUT2D eigenvalue weighted by Crippen LogP contribution is 2.29. The molecule has 0 aliphatic carbocycles. The molecule has 2 rings (SSSR count). The fourth-order valence-electron chi connectivity index (χ4n) is 2.75. The Hall–Kier alpha value is -1.07. The Morgan fingerprint density at radius 3 is 2.38 bits per heavy atom. The number of benzene rings is 1. The molecular formula is C16H22F3NO. The van der Waals surface area contributed by atoms with Gasteiger partial charge in [0.2, 0.25) is 0 Å². The fraction of sp³-hybridized carbons (Fsp3) is 0.625. The zero-order valence-electron chi connectivity index (χ0n) is 12.3. The standard InChI is InChI=1S/C16H22F3NO/c1-2-5-20-15(8-11-3-6-21-7-4-11)12-9-13(17)16(19)14(18)10-12/h9-11,15,20H,2-8H2,1H3. The van der Waals surface area contributed by atoms with Gasteiger partial charge >= 0.3 is 0 Å². The van der Waals surface area contributed by atoms with Crippen molar-refractivity contribution in [1.29, 1.82) is 0 Å². The molecule has 21 heavy (non-hydrogen) atoms. The second-order valence-electron chi connectivity index (χ2n) is 5.60. The molecular weight excluding hydrogens is 279 g/mol. The van der Waals surface area contributed by atoms with Crippen molar-refractivity contribution in [3.05, 3.63) is 35.1 Å². The molecule has 0 amide bonds. The van der Waals surface area contributed by atoms with Crippen molar-refractivity contribution in [3.63, 3.8) is 0 Å². The third-order valence-electron chi connectivity index (χ3n) is 3.96. The van der Waals surface area contributed by atoms with Gasteiger partial charge in [-0.25, -0.2) is 13.2 Å². The molecule has 0 bridgehead atoms. The van der Waals surface area contributed by atoms with E-state index in [2.05, 4.69) is 5.32 Å². The fourth-order valence-corrected chi connectivity index (χ4v) is 2.75. The maximum Gasteiger partial charge on any atom is 0.194 e. The van der Waals surface area contributed by atoms with Gasteiger partial charge in [0.1, 0.15) is 0 Å². The number of hydrogen-bond donors (Lipinski definition) is 1. The molecule has 1 aromatic carbocycles. The summed E-state index contributed by atoms with van der Waals surface area (Å²) in [5.41, 5.74) is 0.478. The first-order chi connectivity index (χ1) is 10.1. The van der Waals surface area contributed by atoms with Crippen molar-refractivity contribution >= 4 is 0 Å². The Balaban J connectivity index is 2.14. The van der Waals surface area contributed by atoms with Gasteiger partial charge < -0.3 is 10.1 Å². The molecule has 1 aliphatic heterocycles. The summed E-state index contributed by atoms with van der Waals surface area (Å²) in [4.78, 5) is 0. The zero-order chi connectivity index (χ0) is 15.2. The van der Waals surface area contributed by atoms with E-state index in [0.717, 1.165) is 57.6 Å². The van der Waals surface area contributed by atoms with Crippen LogP contribution in [0.25, 0.3) is 0 Å². The SMILES string of the molecule is CCCNC(CC1CCOCC1)c1cc(F)c(F)c(F)c1. The van der Waals surface area contributed by atoms with Crippen molar-refractivity contribution in [2.24, 2.45) is 5.92 Å². The van der Waals surface area contributed by atoms with Crippen LogP contribution in [-0.2, 0) is 4.74 Å². The second kappa shape index (κ2) is 7.80. The highest BCUT2D eigenvalue weighted by Gasteiger charge is 2.22. The summed E-state index contributed by atoms with van der Waals surface area (Å²) in [6.45, 7) is 4.26. The molecule has 5 heteroatoms. The summed E-state index contributed by atoms with van der Waals surface area (Å²) in [7, 11) is 0. The monoisotopic (exact) mass is 301 g/mol. The van der Waals surface area contributed by atoms with Gasteiger partial charge in [-0.1, -0.05) is 6.92 Å². The maximum absolute atomic E-state index is 13.4. The van der Waals surface area contributed by atoms with Crippen LogP contribution >= 0.6 is 0 Å². The van der Waals surface area contributed by atoms with Crippen LogP contribution in [-0.4, -0.2) is 19.8 Å². The molecule has 1 atom stereocenters. The lowest BCUT2D eigenvalue weighted by atomic mass is 9.89. The van der Waals surface area contributed by atoms with Crippen LogP contribution < -0.4 is 5.32 Å². The number of nitrogens with one attached hydrogen (secondary N) is 1. The lowest BCUT2D eigenvalue weighted by molar-refractivity contribution is 0.0605. The first kappa shape index (κ1) is 16.3. The Morgan fingerprint density at radius 1 is 1.19 bits per heavy atom. The van der Waals surface area contributed by atoms with Crippen LogP contribution in [0.5, 0.6) is 0 Å². The number of ether oxygens (including phenoxy) is 1. The predicted molar refractivity (Wildman–Crippen MR) is 75.5 cm³/mol. The van der Waals surface area contributed by atoms with Gasteiger partial charge in [0.25, 0.3) is 0 Å².